The van der Waals surface area contributed by atoms with Gasteiger partial charge in [0.15, 0.2) is 0 Å². The molecule has 0 saturated carbocycles. The Morgan fingerprint density at radius 2 is 2.16 bits per heavy atom. The van der Waals surface area contributed by atoms with Crippen molar-refractivity contribution in [3.05, 3.63) is 22.8 Å². The molecule has 0 aromatic carbocycles. The summed E-state index contributed by atoms with van der Waals surface area (Å²) >= 11 is 3.39. The van der Waals surface area contributed by atoms with Crippen LogP contribution in [-0.4, -0.2) is 52.7 Å². The predicted octanol–water partition coefficient (Wildman–Crippen LogP) is 2.74. The van der Waals surface area contributed by atoms with E-state index in [0.29, 0.717) is 25.4 Å². The second kappa shape index (κ2) is 8.03. The summed E-state index contributed by atoms with van der Waals surface area (Å²) < 4.78 is 11.8. The maximum Gasteiger partial charge on any atom is 0.408 e. The third kappa shape index (κ3) is 5.88. The third-order valence-corrected chi connectivity index (χ3v) is 4.17. The summed E-state index contributed by atoms with van der Waals surface area (Å²) in [4.78, 5) is 30.1. The molecule has 2 rings (SSSR count). The van der Waals surface area contributed by atoms with Crippen LogP contribution in [0.2, 0.25) is 0 Å². The van der Waals surface area contributed by atoms with Crippen molar-refractivity contribution in [3.8, 4) is 5.88 Å². The minimum Gasteiger partial charge on any atom is -0.472 e. The largest absolute Gasteiger partial charge is 0.472 e. The summed E-state index contributed by atoms with van der Waals surface area (Å²) in [5, 5.41) is 2.57. The Morgan fingerprint density at radius 3 is 2.80 bits per heavy atom. The molecule has 7 nitrogen and oxygen atoms in total. The maximum atomic E-state index is 12.5. The average Bonchev–Trinajstić information content (AvgIpc) is 2.95. The highest BCUT2D eigenvalue weighted by molar-refractivity contribution is 9.10. The molecule has 25 heavy (non-hydrogen) atoms. The molecule has 2 heterocycles. The Labute approximate surface area is 156 Å². The Morgan fingerprint density at radius 1 is 1.44 bits per heavy atom. The van der Waals surface area contributed by atoms with Gasteiger partial charge in [-0.1, -0.05) is 0 Å². The molecule has 1 N–H and O–H groups in total. The minimum atomic E-state index is -0.657. The number of hydrogen-bond donors (Lipinski definition) is 1. The van der Waals surface area contributed by atoms with Gasteiger partial charge in [-0.15, -0.1) is 0 Å². The number of rotatable bonds is 4. The van der Waals surface area contributed by atoms with Crippen LogP contribution < -0.4 is 10.1 Å². The number of alkyl carbamates (subject to hydrolysis) is 1. The molecule has 0 aliphatic carbocycles. The summed E-state index contributed by atoms with van der Waals surface area (Å²) in [6.07, 6.45) is 1.65. The quantitative estimate of drug-likeness (QED) is 0.820. The fourth-order valence-corrected chi connectivity index (χ4v) is 2.81. The summed E-state index contributed by atoms with van der Waals surface area (Å²) in [5.41, 5.74) is -0.602. The van der Waals surface area contributed by atoms with Gasteiger partial charge in [-0.05, 0) is 55.8 Å². The Balaban J connectivity index is 1.85. The van der Waals surface area contributed by atoms with Crippen molar-refractivity contribution in [2.75, 3.05) is 13.1 Å². The number of halogens is 1. The number of aromatic nitrogens is 1. The number of nitrogens with zero attached hydrogens (tertiary/aromatic N) is 2. The second-order valence-corrected chi connectivity index (χ2v) is 7.83. The smallest absolute Gasteiger partial charge is 0.408 e. The number of likely N-dealkylation sites (tertiary alicyclic amines) is 1. The van der Waals surface area contributed by atoms with Gasteiger partial charge in [-0.25, -0.2) is 9.78 Å². The molecular weight excluding hydrogens is 390 g/mol. The van der Waals surface area contributed by atoms with Gasteiger partial charge in [0.2, 0.25) is 11.8 Å². The first-order valence-corrected chi connectivity index (χ1v) is 9.00. The Bertz CT molecular complexity index is 633. The van der Waals surface area contributed by atoms with E-state index in [1.807, 2.05) is 12.1 Å². The average molecular weight is 414 g/mol. The molecule has 0 radical (unpaired) electrons. The topological polar surface area (TPSA) is 80.8 Å². The van der Waals surface area contributed by atoms with E-state index in [1.54, 1.807) is 38.8 Å². The highest BCUT2D eigenvalue weighted by Crippen LogP contribution is 2.24. The summed E-state index contributed by atoms with van der Waals surface area (Å²) in [5.74, 6) is 0.360. The molecule has 1 aliphatic rings. The molecular formula is C17H24BrN3O4. The van der Waals surface area contributed by atoms with E-state index in [-0.39, 0.29) is 12.0 Å². The van der Waals surface area contributed by atoms with Gasteiger partial charge in [0.25, 0.3) is 0 Å². The van der Waals surface area contributed by atoms with Crippen LogP contribution in [0.5, 0.6) is 5.88 Å². The fourth-order valence-electron chi connectivity index (χ4n) is 2.46. The van der Waals surface area contributed by atoms with Gasteiger partial charge in [0, 0.05) is 19.2 Å². The third-order valence-electron chi connectivity index (χ3n) is 3.56. The molecule has 8 heteroatoms. The zero-order chi connectivity index (χ0) is 18.6. The molecule has 2 unspecified atom stereocenters. The first-order valence-electron chi connectivity index (χ1n) is 8.21. The van der Waals surface area contributed by atoms with Gasteiger partial charge in [0.1, 0.15) is 17.7 Å². The fraction of sp³-hybridized carbons (Fsp3) is 0.588. The molecule has 138 valence electrons. The van der Waals surface area contributed by atoms with Crippen LogP contribution >= 0.6 is 15.9 Å². The first-order chi connectivity index (χ1) is 11.7. The molecule has 1 fully saturated rings. The SMILES string of the molecule is CC(NC(=O)OC(C)(C)C)C(=O)N1CCC(Oc2ncccc2Br)C1. The molecule has 0 spiro atoms. The van der Waals surface area contributed by atoms with Crippen molar-refractivity contribution >= 4 is 27.9 Å². The van der Waals surface area contributed by atoms with Crippen LogP contribution in [-0.2, 0) is 9.53 Å². The van der Waals surface area contributed by atoms with E-state index >= 15 is 0 Å². The first kappa shape index (κ1) is 19.5. The molecule has 0 bridgehead atoms. The lowest BCUT2D eigenvalue weighted by atomic mass is 10.2. The van der Waals surface area contributed by atoms with Gasteiger partial charge in [-0.2, -0.15) is 0 Å². The zero-order valence-electron chi connectivity index (χ0n) is 14.9. The van der Waals surface area contributed by atoms with Crippen molar-refractivity contribution < 1.29 is 19.1 Å². The zero-order valence-corrected chi connectivity index (χ0v) is 16.5. The van der Waals surface area contributed by atoms with Crippen LogP contribution in [0.1, 0.15) is 34.1 Å². The molecule has 1 aromatic rings. The summed E-state index contributed by atoms with van der Waals surface area (Å²) in [6, 6.07) is 3.01. The second-order valence-electron chi connectivity index (χ2n) is 6.97. The number of nitrogens with one attached hydrogen (secondary N) is 1. The van der Waals surface area contributed by atoms with E-state index in [9.17, 15) is 9.59 Å². The summed E-state index contributed by atoms with van der Waals surface area (Å²) in [7, 11) is 0. The molecule has 2 atom stereocenters. The van der Waals surface area contributed by atoms with Crippen molar-refractivity contribution in [3.63, 3.8) is 0 Å². The highest BCUT2D eigenvalue weighted by Gasteiger charge is 2.32. The van der Waals surface area contributed by atoms with E-state index in [2.05, 4.69) is 26.2 Å². The van der Waals surface area contributed by atoms with Gasteiger partial charge < -0.3 is 19.7 Å². The molecule has 1 saturated heterocycles. The number of ether oxygens (including phenoxy) is 2. The maximum absolute atomic E-state index is 12.5. The normalized spacial score (nSPS) is 18.6. The van der Waals surface area contributed by atoms with Crippen molar-refractivity contribution in [2.24, 2.45) is 0 Å². The number of carbonyl (C=O) groups is 2. The van der Waals surface area contributed by atoms with E-state index in [0.717, 1.165) is 4.47 Å². The molecule has 1 aliphatic heterocycles. The van der Waals surface area contributed by atoms with Gasteiger partial charge in [0.05, 0.1) is 11.0 Å². The lowest BCUT2D eigenvalue weighted by Crippen LogP contribution is -2.47. The number of amides is 2. The van der Waals surface area contributed by atoms with E-state index in [1.165, 1.54) is 0 Å². The Hall–Kier alpha value is -1.83. The monoisotopic (exact) mass is 413 g/mol. The lowest BCUT2D eigenvalue weighted by Gasteiger charge is -2.24. The van der Waals surface area contributed by atoms with Crippen LogP contribution in [0.25, 0.3) is 0 Å². The van der Waals surface area contributed by atoms with Crippen LogP contribution in [0.3, 0.4) is 0 Å². The van der Waals surface area contributed by atoms with Crippen LogP contribution in [0, 0.1) is 0 Å². The minimum absolute atomic E-state index is 0.121. The standard InChI is InChI=1S/C17H24BrN3O4/c1-11(20-16(23)25-17(2,3)4)15(22)21-9-7-12(10-21)24-14-13(18)6-5-8-19-14/h5-6,8,11-12H,7,9-10H2,1-4H3,(H,20,23). The van der Waals surface area contributed by atoms with Crippen molar-refractivity contribution in [1.82, 2.24) is 15.2 Å². The lowest BCUT2D eigenvalue weighted by molar-refractivity contribution is -0.132. The number of carbonyl (C=O) groups excluding carboxylic acids is 2. The molecule has 1 aromatic heterocycles. The van der Waals surface area contributed by atoms with Crippen LogP contribution in [0.4, 0.5) is 4.79 Å². The molecule has 2 amide bonds. The number of hydrogen-bond acceptors (Lipinski definition) is 5. The predicted molar refractivity (Wildman–Crippen MR) is 96.4 cm³/mol. The highest BCUT2D eigenvalue weighted by atomic mass is 79.9. The van der Waals surface area contributed by atoms with Crippen LogP contribution in [0.15, 0.2) is 22.8 Å². The Kier molecular flexibility index (Phi) is 6.26. The van der Waals surface area contributed by atoms with Gasteiger partial charge >= 0.3 is 6.09 Å². The number of pyridine rings is 1. The van der Waals surface area contributed by atoms with Gasteiger partial charge in [-0.3, -0.25) is 4.79 Å². The van der Waals surface area contributed by atoms with Crippen molar-refractivity contribution in [2.45, 2.75) is 51.9 Å². The van der Waals surface area contributed by atoms with E-state index < -0.39 is 17.7 Å². The van der Waals surface area contributed by atoms with E-state index in [4.69, 9.17) is 9.47 Å². The van der Waals surface area contributed by atoms with Crippen molar-refractivity contribution in [1.29, 1.82) is 0 Å². The summed E-state index contributed by atoms with van der Waals surface area (Å²) in [6.45, 7) is 8.01.